The number of pyridine rings is 1. The number of nitrogens with zero attached hydrogens (tertiary/aromatic N) is 3. The lowest BCUT2D eigenvalue weighted by Crippen LogP contribution is -2.45. The van der Waals surface area contributed by atoms with E-state index in [0.29, 0.717) is 19.0 Å². The zero-order valence-corrected chi connectivity index (χ0v) is 13.7. The predicted octanol–water partition coefficient (Wildman–Crippen LogP) is 1.21. The van der Waals surface area contributed by atoms with Crippen molar-refractivity contribution in [2.24, 2.45) is 5.92 Å². The molecule has 21 heavy (non-hydrogen) atoms. The van der Waals surface area contributed by atoms with E-state index in [2.05, 4.69) is 16.6 Å². The van der Waals surface area contributed by atoms with Crippen LogP contribution in [0, 0.1) is 5.92 Å². The first-order valence-electron chi connectivity index (χ1n) is 7.25. The van der Waals surface area contributed by atoms with Gasteiger partial charge in [0.15, 0.2) is 0 Å². The summed E-state index contributed by atoms with van der Waals surface area (Å²) >= 11 is 0. The normalized spacial score (nSPS) is 20.4. The van der Waals surface area contributed by atoms with Gasteiger partial charge in [0.05, 0.1) is 0 Å². The minimum atomic E-state index is -3.40. The van der Waals surface area contributed by atoms with Gasteiger partial charge in [-0.05, 0) is 36.5 Å². The molecule has 0 radical (unpaired) electrons. The van der Waals surface area contributed by atoms with Gasteiger partial charge in [-0.15, -0.1) is 0 Å². The van der Waals surface area contributed by atoms with Gasteiger partial charge in [-0.3, -0.25) is 0 Å². The molecule has 1 fully saturated rings. The van der Waals surface area contributed by atoms with Gasteiger partial charge < -0.3 is 4.90 Å². The molecule has 1 aromatic heterocycles. The lowest BCUT2D eigenvalue weighted by atomic mass is 10.0. The number of anilines is 1. The third-order valence-corrected chi connectivity index (χ3v) is 5.21. The summed E-state index contributed by atoms with van der Waals surface area (Å²) in [6, 6.07) is 3.72. The van der Waals surface area contributed by atoms with E-state index in [1.165, 1.54) is 0 Å². The van der Waals surface area contributed by atoms with Crippen LogP contribution >= 0.6 is 0 Å². The van der Waals surface area contributed by atoms with Crippen molar-refractivity contribution in [2.75, 3.05) is 32.1 Å². The summed E-state index contributed by atoms with van der Waals surface area (Å²) in [7, 11) is 0.418. The molecule has 1 aromatic rings. The van der Waals surface area contributed by atoms with Crippen LogP contribution < -0.4 is 9.62 Å². The molecule has 0 aromatic carbocycles. The molecule has 1 aliphatic heterocycles. The van der Waals surface area contributed by atoms with Gasteiger partial charge in [0.25, 0.3) is 10.2 Å². The molecule has 1 saturated heterocycles. The monoisotopic (exact) mass is 312 g/mol. The second-order valence-electron chi connectivity index (χ2n) is 5.85. The molecule has 0 aliphatic carbocycles. The molecule has 118 valence electrons. The van der Waals surface area contributed by atoms with Crippen molar-refractivity contribution >= 4 is 16.0 Å². The van der Waals surface area contributed by atoms with Gasteiger partial charge >= 0.3 is 0 Å². The maximum atomic E-state index is 12.3. The van der Waals surface area contributed by atoms with Crippen LogP contribution in [-0.4, -0.2) is 44.9 Å². The minimum absolute atomic E-state index is 0.288. The van der Waals surface area contributed by atoms with Gasteiger partial charge in [-0.2, -0.15) is 17.4 Å². The van der Waals surface area contributed by atoms with Crippen molar-refractivity contribution in [3.63, 3.8) is 0 Å². The van der Waals surface area contributed by atoms with E-state index in [4.69, 9.17) is 0 Å². The standard InChI is InChI=1S/C14H24N4O2S/c1-12-5-4-8-18(11-12)21(19,20)16-10-13-6-7-15-14(9-13)17(2)3/h6-7,9,12,16H,4-5,8,10-11H2,1-3H3/t12-/m0/s1. The summed E-state index contributed by atoms with van der Waals surface area (Å²) in [5.41, 5.74) is 0.905. The Labute approximate surface area is 127 Å². The topological polar surface area (TPSA) is 65.5 Å². The average molecular weight is 312 g/mol. The first-order chi connectivity index (χ1) is 9.88. The van der Waals surface area contributed by atoms with Crippen LogP contribution in [0.3, 0.4) is 0 Å². The third kappa shape index (κ3) is 4.39. The number of nitrogens with one attached hydrogen (secondary N) is 1. The Bertz CT molecular complexity index is 574. The third-order valence-electron chi connectivity index (χ3n) is 3.69. The van der Waals surface area contributed by atoms with Crippen LogP contribution in [0.1, 0.15) is 25.3 Å². The number of hydrogen-bond acceptors (Lipinski definition) is 4. The molecular formula is C14H24N4O2S. The van der Waals surface area contributed by atoms with Gasteiger partial charge in [0.2, 0.25) is 0 Å². The summed E-state index contributed by atoms with van der Waals surface area (Å²) in [5, 5.41) is 0. The van der Waals surface area contributed by atoms with Crippen LogP contribution in [0.15, 0.2) is 18.3 Å². The highest BCUT2D eigenvalue weighted by Crippen LogP contribution is 2.18. The summed E-state index contributed by atoms with van der Waals surface area (Å²) in [6.07, 6.45) is 3.73. The summed E-state index contributed by atoms with van der Waals surface area (Å²) in [6.45, 7) is 3.60. The number of hydrogen-bond donors (Lipinski definition) is 1. The van der Waals surface area contributed by atoms with Crippen molar-refractivity contribution in [1.29, 1.82) is 0 Å². The number of piperidine rings is 1. The van der Waals surface area contributed by atoms with E-state index in [1.54, 1.807) is 10.5 Å². The van der Waals surface area contributed by atoms with Crippen LogP contribution in [0.4, 0.5) is 5.82 Å². The Morgan fingerprint density at radius 2 is 2.24 bits per heavy atom. The van der Waals surface area contributed by atoms with E-state index in [-0.39, 0.29) is 6.54 Å². The van der Waals surface area contributed by atoms with Crippen LogP contribution in [0.5, 0.6) is 0 Å². The van der Waals surface area contributed by atoms with Crippen LogP contribution in [0.2, 0.25) is 0 Å². The molecule has 7 heteroatoms. The van der Waals surface area contributed by atoms with Gasteiger partial charge in [0, 0.05) is 39.9 Å². The number of rotatable bonds is 5. The summed E-state index contributed by atoms with van der Waals surface area (Å²) < 4.78 is 28.9. The largest absolute Gasteiger partial charge is 0.363 e. The molecule has 6 nitrogen and oxygen atoms in total. The zero-order chi connectivity index (χ0) is 15.5. The molecule has 0 unspecified atom stereocenters. The highest BCUT2D eigenvalue weighted by atomic mass is 32.2. The highest BCUT2D eigenvalue weighted by Gasteiger charge is 2.26. The molecule has 1 N–H and O–H groups in total. The smallest absolute Gasteiger partial charge is 0.279 e. The first kappa shape index (κ1) is 16.2. The lowest BCUT2D eigenvalue weighted by molar-refractivity contribution is 0.278. The van der Waals surface area contributed by atoms with Crippen molar-refractivity contribution < 1.29 is 8.42 Å². The molecule has 0 saturated carbocycles. The first-order valence-corrected chi connectivity index (χ1v) is 8.69. The highest BCUT2D eigenvalue weighted by molar-refractivity contribution is 7.87. The molecule has 2 rings (SSSR count). The summed E-state index contributed by atoms with van der Waals surface area (Å²) in [4.78, 5) is 6.11. The fourth-order valence-electron chi connectivity index (χ4n) is 2.45. The van der Waals surface area contributed by atoms with Gasteiger partial charge in [-0.1, -0.05) is 6.92 Å². The molecule has 2 heterocycles. The molecule has 1 aliphatic rings. The zero-order valence-electron chi connectivity index (χ0n) is 12.9. The lowest BCUT2D eigenvalue weighted by Gasteiger charge is -2.30. The van der Waals surface area contributed by atoms with Crippen LogP contribution in [0.25, 0.3) is 0 Å². The maximum absolute atomic E-state index is 12.3. The quantitative estimate of drug-likeness (QED) is 0.887. The second-order valence-corrected chi connectivity index (χ2v) is 7.60. The fourth-order valence-corrected chi connectivity index (χ4v) is 3.80. The molecule has 0 spiro atoms. The van der Waals surface area contributed by atoms with E-state index in [1.807, 2.05) is 31.1 Å². The number of aromatic nitrogens is 1. The van der Waals surface area contributed by atoms with E-state index >= 15 is 0 Å². The van der Waals surface area contributed by atoms with Crippen molar-refractivity contribution in [1.82, 2.24) is 14.0 Å². The Morgan fingerprint density at radius 3 is 2.90 bits per heavy atom. The van der Waals surface area contributed by atoms with E-state index < -0.39 is 10.2 Å². The molecular weight excluding hydrogens is 288 g/mol. The molecule has 0 amide bonds. The Kier molecular flexibility index (Phi) is 5.18. The summed E-state index contributed by atoms with van der Waals surface area (Å²) in [5.74, 6) is 1.25. The minimum Gasteiger partial charge on any atom is -0.363 e. The maximum Gasteiger partial charge on any atom is 0.279 e. The van der Waals surface area contributed by atoms with Gasteiger partial charge in [0.1, 0.15) is 5.82 Å². The van der Waals surface area contributed by atoms with Crippen molar-refractivity contribution in [3.8, 4) is 0 Å². The Hall–Kier alpha value is -1.18. The predicted molar refractivity (Wildman–Crippen MR) is 84.3 cm³/mol. The van der Waals surface area contributed by atoms with Crippen LogP contribution in [-0.2, 0) is 16.8 Å². The Morgan fingerprint density at radius 1 is 1.48 bits per heavy atom. The van der Waals surface area contributed by atoms with Gasteiger partial charge in [-0.25, -0.2) is 4.98 Å². The average Bonchev–Trinajstić information content (AvgIpc) is 2.45. The van der Waals surface area contributed by atoms with E-state index in [9.17, 15) is 8.42 Å². The second kappa shape index (κ2) is 6.72. The molecule has 0 bridgehead atoms. The Balaban J connectivity index is 1.99. The molecule has 1 atom stereocenters. The van der Waals surface area contributed by atoms with Crippen molar-refractivity contribution in [2.45, 2.75) is 26.3 Å². The van der Waals surface area contributed by atoms with Crippen molar-refractivity contribution in [3.05, 3.63) is 23.9 Å². The van der Waals surface area contributed by atoms with E-state index in [0.717, 1.165) is 24.2 Å². The SMILES string of the molecule is C[C@H]1CCCN(S(=O)(=O)NCc2ccnc(N(C)C)c2)C1. The fraction of sp³-hybridized carbons (Fsp3) is 0.643.